The van der Waals surface area contributed by atoms with Crippen molar-refractivity contribution in [3.63, 3.8) is 0 Å². The lowest BCUT2D eigenvalue weighted by Gasteiger charge is -2.22. The van der Waals surface area contributed by atoms with Gasteiger partial charge in [-0.1, -0.05) is 18.2 Å². The normalized spacial score (nSPS) is 14.5. The summed E-state index contributed by atoms with van der Waals surface area (Å²) in [5.41, 5.74) is 1.50. The van der Waals surface area contributed by atoms with Gasteiger partial charge in [0.1, 0.15) is 6.10 Å². The summed E-state index contributed by atoms with van der Waals surface area (Å²) < 4.78 is 11.2. The zero-order valence-corrected chi connectivity index (χ0v) is 14.9. The van der Waals surface area contributed by atoms with Gasteiger partial charge in [-0.15, -0.1) is 0 Å². The fourth-order valence-corrected chi connectivity index (χ4v) is 2.91. The van der Waals surface area contributed by atoms with Crippen molar-refractivity contribution in [2.45, 2.75) is 31.9 Å². The maximum atomic E-state index is 12.2. The predicted molar refractivity (Wildman–Crippen MR) is 97.7 cm³/mol. The van der Waals surface area contributed by atoms with E-state index in [1.54, 1.807) is 30.5 Å². The highest BCUT2D eigenvalue weighted by Gasteiger charge is 2.16. The predicted octanol–water partition coefficient (Wildman–Crippen LogP) is 2.20. The molecule has 0 atom stereocenters. The Kier molecular flexibility index (Phi) is 6.38. The van der Waals surface area contributed by atoms with Gasteiger partial charge in [0.25, 0.3) is 0 Å². The second kappa shape index (κ2) is 9.14. The average Bonchev–Trinajstić information content (AvgIpc) is 2.68. The van der Waals surface area contributed by atoms with Crippen LogP contribution in [0.1, 0.15) is 34.3 Å². The van der Waals surface area contributed by atoms with E-state index in [1.165, 1.54) is 6.07 Å². The molecule has 1 fully saturated rings. The highest BCUT2D eigenvalue weighted by Crippen LogP contribution is 2.17. The molecule has 2 N–H and O–H groups in total. The first-order chi connectivity index (χ1) is 13.1. The van der Waals surface area contributed by atoms with Gasteiger partial charge in [0.05, 0.1) is 25.2 Å². The average molecular weight is 370 g/mol. The number of nitrogens with zero attached hydrogens (tertiary/aromatic N) is 1. The Labute approximate surface area is 157 Å². The Morgan fingerprint density at radius 3 is 2.78 bits per heavy atom. The molecule has 3 rings (SSSR count). The van der Waals surface area contributed by atoms with Gasteiger partial charge < -0.3 is 19.9 Å². The first-order valence-electron chi connectivity index (χ1n) is 8.89. The lowest BCUT2D eigenvalue weighted by molar-refractivity contribution is -0.120. The molecule has 1 amide bonds. The lowest BCUT2D eigenvalue weighted by Crippen LogP contribution is -2.27. The Morgan fingerprint density at radius 1 is 1.22 bits per heavy atom. The molecular formula is C20H22N2O5. The van der Waals surface area contributed by atoms with Crippen molar-refractivity contribution in [3.8, 4) is 5.88 Å². The van der Waals surface area contributed by atoms with E-state index in [0.717, 1.165) is 18.4 Å². The highest BCUT2D eigenvalue weighted by molar-refractivity contribution is 5.91. The first kappa shape index (κ1) is 18.8. The summed E-state index contributed by atoms with van der Waals surface area (Å²) in [7, 11) is 0. The van der Waals surface area contributed by atoms with Crippen LogP contribution >= 0.6 is 0 Å². The van der Waals surface area contributed by atoms with Gasteiger partial charge in [0.2, 0.25) is 11.8 Å². The molecule has 27 heavy (non-hydrogen) atoms. The number of benzene rings is 1. The molecule has 1 saturated heterocycles. The SMILES string of the molecule is O=C(Cc1ccccc1C(=O)O)NCc1ccnc(OC2CCOCC2)c1. The first-order valence-corrected chi connectivity index (χ1v) is 8.89. The number of rotatable bonds is 7. The van der Waals surface area contributed by atoms with Crippen LogP contribution in [-0.4, -0.2) is 41.3 Å². The Balaban J connectivity index is 1.54. The molecule has 0 unspecified atom stereocenters. The third kappa shape index (κ3) is 5.52. The minimum Gasteiger partial charge on any atom is -0.478 e. The number of aromatic carboxylic acids is 1. The van der Waals surface area contributed by atoms with Crippen molar-refractivity contribution in [2.75, 3.05) is 13.2 Å². The van der Waals surface area contributed by atoms with Crippen LogP contribution in [0.15, 0.2) is 42.6 Å². The van der Waals surface area contributed by atoms with E-state index in [9.17, 15) is 14.7 Å². The van der Waals surface area contributed by atoms with Crippen LogP contribution in [0.4, 0.5) is 0 Å². The number of carboxylic acids is 1. The van der Waals surface area contributed by atoms with Crippen LogP contribution in [-0.2, 0) is 22.5 Å². The Hall–Kier alpha value is -2.93. The van der Waals surface area contributed by atoms with E-state index in [1.807, 2.05) is 6.07 Å². The summed E-state index contributed by atoms with van der Waals surface area (Å²) in [6.07, 6.45) is 3.44. The number of amides is 1. The fourth-order valence-electron chi connectivity index (χ4n) is 2.91. The molecule has 1 aromatic heterocycles. The van der Waals surface area contributed by atoms with Gasteiger partial charge in [-0.25, -0.2) is 9.78 Å². The summed E-state index contributed by atoms with van der Waals surface area (Å²) in [6, 6.07) is 10.1. The topological polar surface area (TPSA) is 97.8 Å². The quantitative estimate of drug-likeness (QED) is 0.775. The van der Waals surface area contributed by atoms with E-state index in [-0.39, 0.29) is 24.0 Å². The second-order valence-corrected chi connectivity index (χ2v) is 6.35. The fraction of sp³-hybridized carbons (Fsp3) is 0.350. The van der Waals surface area contributed by atoms with Crippen LogP contribution in [0, 0.1) is 0 Å². The molecule has 1 aromatic carbocycles. The standard InChI is InChI=1S/C20H22N2O5/c23-18(12-15-3-1-2-4-17(15)20(24)25)22-13-14-5-8-21-19(11-14)27-16-6-9-26-10-7-16/h1-5,8,11,16H,6-7,9-10,12-13H2,(H,22,23)(H,24,25). The minimum atomic E-state index is -1.04. The van der Waals surface area contributed by atoms with E-state index in [2.05, 4.69) is 10.3 Å². The van der Waals surface area contributed by atoms with Crippen molar-refractivity contribution in [1.82, 2.24) is 10.3 Å². The van der Waals surface area contributed by atoms with Crippen molar-refractivity contribution in [2.24, 2.45) is 0 Å². The van der Waals surface area contributed by atoms with Gasteiger partial charge in [-0.2, -0.15) is 0 Å². The number of carboxylic acid groups (broad SMARTS) is 1. The third-order valence-electron chi connectivity index (χ3n) is 4.34. The smallest absolute Gasteiger partial charge is 0.335 e. The number of carbonyl (C=O) groups excluding carboxylic acids is 1. The van der Waals surface area contributed by atoms with Crippen molar-refractivity contribution < 1.29 is 24.2 Å². The van der Waals surface area contributed by atoms with E-state index in [0.29, 0.717) is 31.2 Å². The number of aromatic nitrogens is 1. The maximum absolute atomic E-state index is 12.2. The molecule has 7 heteroatoms. The summed E-state index contributed by atoms with van der Waals surface area (Å²) >= 11 is 0. The molecule has 1 aliphatic rings. The molecule has 0 saturated carbocycles. The zero-order valence-electron chi connectivity index (χ0n) is 14.9. The van der Waals surface area contributed by atoms with Gasteiger partial charge in [-0.3, -0.25) is 4.79 Å². The number of hydrogen-bond acceptors (Lipinski definition) is 5. The van der Waals surface area contributed by atoms with Crippen LogP contribution in [0.25, 0.3) is 0 Å². The van der Waals surface area contributed by atoms with Crippen molar-refractivity contribution in [1.29, 1.82) is 0 Å². The summed E-state index contributed by atoms with van der Waals surface area (Å²) in [5, 5.41) is 12.0. The number of nitrogens with one attached hydrogen (secondary N) is 1. The molecule has 2 heterocycles. The third-order valence-corrected chi connectivity index (χ3v) is 4.34. The van der Waals surface area contributed by atoms with E-state index >= 15 is 0 Å². The van der Waals surface area contributed by atoms with Gasteiger partial charge in [0, 0.05) is 31.6 Å². The van der Waals surface area contributed by atoms with Crippen LogP contribution in [0.2, 0.25) is 0 Å². The maximum Gasteiger partial charge on any atom is 0.335 e. The summed E-state index contributed by atoms with van der Waals surface area (Å²) in [6.45, 7) is 1.71. The molecule has 7 nitrogen and oxygen atoms in total. The molecule has 2 aromatic rings. The van der Waals surface area contributed by atoms with E-state index < -0.39 is 5.97 Å². The monoisotopic (exact) mass is 370 g/mol. The van der Waals surface area contributed by atoms with Gasteiger partial charge in [-0.05, 0) is 23.3 Å². The van der Waals surface area contributed by atoms with E-state index in [4.69, 9.17) is 9.47 Å². The van der Waals surface area contributed by atoms with Gasteiger partial charge in [0.15, 0.2) is 0 Å². The lowest BCUT2D eigenvalue weighted by atomic mass is 10.0. The highest BCUT2D eigenvalue weighted by atomic mass is 16.5. The Morgan fingerprint density at radius 2 is 2.00 bits per heavy atom. The number of hydrogen-bond donors (Lipinski definition) is 2. The largest absolute Gasteiger partial charge is 0.478 e. The Bertz CT molecular complexity index is 802. The number of carbonyl (C=O) groups is 2. The number of pyridine rings is 1. The molecule has 1 aliphatic heterocycles. The second-order valence-electron chi connectivity index (χ2n) is 6.35. The summed E-state index contributed by atoms with van der Waals surface area (Å²) in [5.74, 6) is -0.750. The number of ether oxygens (including phenoxy) is 2. The molecule has 142 valence electrons. The van der Waals surface area contributed by atoms with Gasteiger partial charge >= 0.3 is 5.97 Å². The van der Waals surface area contributed by atoms with Crippen molar-refractivity contribution >= 4 is 11.9 Å². The minimum absolute atomic E-state index is 0.0129. The van der Waals surface area contributed by atoms with Crippen molar-refractivity contribution in [3.05, 3.63) is 59.3 Å². The molecule has 0 radical (unpaired) electrons. The molecular weight excluding hydrogens is 348 g/mol. The summed E-state index contributed by atoms with van der Waals surface area (Å²) in [4.78, 5) is 27.6. The van der Waals surface area contributed by atoms with Crippen LogP contribution in [0.3, 0.4) is 0 Å². The molecule has 0 bridgehead atoms. The molecule has 0 aliphatic carbocycles. The van der Waals surface area contributed by atoms with Crippen LogP contribution < -0.4 is 10.1 Å². The zero-order chi connectivity index (χ0) is 19.1. The van der Waals surface area contributed by atoms with Crippen LogP contribution in [0.5, 0.6) is 5.88 Å². The molecule has 0 spiro atoms.